The van der Waals surface area contributed by atoms with Crippen LogP contribution in [0.3, 0.4) is 0 Å². The fourth-order valence-corrected chi connectivity index (χ4v) is 2.85. The van der Waals surface area contributed by atoms with Crippen LogP contribution >= 0.6 is 0 Å². The zero-order chi connectivity index (χ0) is 12.3. The summed E-state index contributed by atoms with van der Waals surface area (Å²) >= 11 is 0. The predicted octanol–water partition coefficient (Wildman–Crippen LogP) is 0.376. The Balaban J connectivity index is 1.78. The molecule has 100 valence electrons. The number of hydrogen-bond donors (Lipinski definition) is 1. The van der Waals surface area contributed by atoms with Crippen molar-refractivity contribution in [1.29, 1.82) is 0 Å². The topological polar surface area (TPSA) is 41.7 Å². The largest absolute Gasteiger partial charge is 0.374 e. The third-order valence-electron chi connectivity index (χ3n) is 4.14. The van der Waals surface area contributed by atoms with Gasteiger partial charge in [-0.25, -0.2) is 0 Å². The average Bonchev–Trinajstić information content (AvgIpc) is 3.15. The van der Waals surface area contributed by atoms with Crippen LogP contribution in [0.1, 0.15) is 19.8 Å². The second kappa shape index (κ2) is 6.14. The molecule has 17 heavy (non-hydrogen) atoms. The molecule has 1 aliphatic heterocycles. The normalized spacial score (nSPS) is 28.6. The van der Waals surface area contributed by atoms with E-state index in [0.717, 1.165) is 45.2 Å². The second-order valence-electron chi connectivity index (χ2n) is 5.47. The molecule has 0 aromatic heterocycles. The van der Waals surface area contributed by atoms with Gasteiger partial charge >= 0.3 is 0 Å². The van der Waals surface area contributed by atoms with Crippen LogP contribution < -0.4 is 5.73 Å². The minimum absolute atomic E-state index is 0.362. The van der Waals surface area contributed by atoms with Gasteiger partial charge in [0.15, 0.2) is 0 Å². The van der Waals surface area contributed by atoms with E-state index in [4.69, 9.17) is 10.5 Å². The Kier molecular flexibility index (Phi) is 4.79. The number of nitrogens with zero attached hydrogens (tertiary/aromatic N) is 2. The van der Waals surface area contributed by atoms with Crippen LogP contribution in [0.25, 0.3) is 0 Å². The first-order chi connectivity index (χ1) is 8.24. The summed E-state index contributed by atoms with van der Waals surface area (Å²) < 4.78 is 5.85. The maximum Gasteiger partial charge on any atom is 0.0829 e. The minimum atomic E-state index is 0.362. The summed E-state index contributed by atoms with van der Waals surface area (Å²) in [4.78, 5) is 4.89. The maximum absolute atomic E-state index is 5.88. The molecule has 2 aliphatic rings. The molecule has 4 heteroatoms. The van der Waals surface area contributed by atoms with Crippen molar-refractivity contribution in [1.82, 2.24) is 9.80 Å². The van der Waals surface area contributed by atoms with Gasteiger partial charge in [0.05, 0.1) is 12.7 Å². The molecule has 1 heterocycles. The first kappa shape index (κ1) is 13.3. The van der Waals surface area contributed by atoms with E-state index in [0.29, 0.717) is 12.1 Å². The Hall–Kier alpha value is -0.160. The molecule has 2 unspecified atom stereocenters. The van der Waals surface area contributed by atoms with Gasteiger partial charge in [0.2, 0.25) is 0 Å². The molecular weight excluding hydrogens is 214 g/mol. The Morgan fingerprint density at radius 3 is 2.82 bits per heavy atom. The SMILES string of the molecule is CCN1CCOC(CN(C)C(CN)C2CC2)C1. The number of nitrogens with two attached hydrogens (primary N) is 1. The monoisotopic (exact) mass is 241 g/mol. The molecular formula is C13H27N3O. The molecule has 0 bridgehead atoms. The summed E-state index contributed by atoms with van der Waals surface area (Å²) in [7, 11) is 2.20. The van der Waals surface area contributed by atoms with Gasteiger partial charge < -0.3 is 10.5 Å². The van der Waals surface area contributed by atoms with Crippen LogP contribution in [0.5, 0.6) is 0 Å². The highest BCUT2D eigenvalue weighted by Crippen LogP contribution is 2.34. The van der Waals surface area contributed by atoms with Crippen LogP contribution in [0.4, 0.5) is 0 Å². The summed E-state index contributed by atoms with van der Waals surface area (Å²) in [6.45, 7) is 8.19. The van der Waals surface area contributed by atoms with E-state index < -0.39 is 0 Å². The standard InChI is InChI=1S/C13H27N3O/c1-3-16-6-7-17-12(10-16)9-15(2)13(8-14)11-4-5-11/h11-13H,3-10,14H2,1-2H3. The van der Waals surface area contributed by atoms with Gasteiger partial charge in [-0.2, -0.15) is 0 Å². The lowest BCUT2D eigenvalue weighted by molar-refractivity contribution is -0.0440. The van der Waals surface area contributed by atoms with Gasteiger partial charge in [-0.1, -0.05) is 6.92 Å². The van der Waals surface area contributed by atoms with E-state index in [1.807, 2.05) is 0 Å². The quantitative estimate of drug-likeness (QED) is 0.730. The fraction of sp³-hybridized carbons (Fsp3) is 1.00. The van der Waals surface area contributed by atoms with Gasteiger partial charge in [0.25, 0.3) is 0 Å². The molecule has 1 saturated heterocycles. The molecule has 0 spiro atoms. The van der Waals surface area contributed by atoms with E-state index in [1.165, 1.54) is 12.8 Å². The molecule has 0 radical (unpaired) electrons. The lowest BCUT2D eigenvalue weighted by Gasteiger charge is -2.36. The molecule has 0 amide bonds. The van der Waals surface area contributed by atoms with Crippen molar-refractivity contribution in [2.24, 2.45) is 11.7 Å². The van der Waals surface area contributed by atoms with Crippen LogP contribution in [-0.2, 0) is 4.74 Å². The Morgan fingerprint density at radius 2 is 2.24 bits per heavy atom. The van der Waals surface area contributed by atoms with Gasteiger partial charge in [-0.15, -0.1) is 0 Å². The Labute approximate surface area is 105 Å². The van der Waals surface area contributed by atoms with Crippen molar-refractivity contribution >= 4 is 0 Å². The fourth-order valence-electron chi connectivity index (χ4n) is 2.85. The lowest BCUT2D eigenvalue weighted by Crippen LogP contribution is -2.50. The zero-order valence-corrected chi connectivity index (χ0v) is 11.3. The van der Waals surface area contributed by atoms with Crippen molar-refractivity contribution in [2.75, 3.05) is 46.4 Å². The molecule has 0 aromatic carbocycles. The lowest BCUT2D eigenvalue weighted by atomic mass is 10.1. The molecule has 2 N–H and O–H groups in total. The smallest absolute Gasteiger partial charge is 0.0829 e. The third kappa shape index (κ3) is 3.65. The van der Waals surface area contributed by atoms with Gasteiger partial charge in [0, 0.05) is 32.2 Å². The highest BCUT2D eigenvalue weighted by atomic mass is 16.5. The number of ether oxygens (including phenoxy) is 1. The maximum atomic E-state index is 5.88. The van der Waals surface area contributed by atoms with Crippen molar-refractivity contribution in [3.05, 3.63) is 0 Å². The van der Waals surface area contributed by atoms with Crippen molar-refractivity contribution in [3.8, 4) is 0 Å². The second-order valence-corrected chi connectivity index (χ2v) is 5.47. The first-order valence-electron chi connectivity index (χ1n) is 6.98. The average molecular weight is 241 g/mol. The number of morpholine rings is 1. The zero-order valence-electron chi connectivity index (χ0n) is 11.3. The van der Waals surface area contributed by atoms with Crippen LogP contribution in [0, 0.1) is 5.92 Å². The van der Waals surface area contributed by atoms with E-state index in [1.54, 1.807) is 0 Å². The van der Waals surface area contributed by atoms with E-state index >= 15 is 0 Å². The summed E-state index contributed by atoms with van der Waals surface area (Å²) in [6, 6.07) is 0.565. The van der Waals surface area contributed by atoms with Crippen LogP contribution in [-0.4, -0.2) is 68.3 Å². The van der Waals surface area contributed by atoms with Crippen LogP contribution in [0.2, 0.25) is 0 Å². The molecule has 1 saturated carbocycles. The minimum Gasteiger partial charge on any atom is -0.374 e. The molecule has 2 rings (SSSR count). The van der Waals surface area contributed by atoms with Crippen LogP contribution in [0.15, 0.2) is 0 Å². The predicted molar refractivity (Wildman–Crippen MR) is 70.1 cm³/mol. The summed E-state index contributed by atoms with van der Waals surface area (Å²) in [6.07, 6.45) is 3.08. The number of hydrogen-bond acceptors (Lipinski definition) is 4. The highest BCUT2D eigenvalue weighted by Gasteiger charge is 2.34. The van der Waals surface area contributed by atoms with Gasteiger partial charge in [0.1, 0.15) is 0 Å². The molecule has 2 fully saturated rings. The van der Waals surface area contributed by atoms with Crippen molar-refractivity contribution < 1.29 is 4.74 Å². The Morgan fingerprint density at radius 1 is 1.47 bits per heavy atom. The Bertz CT molecular complexity index is 233. The summed E-state index contributed by atoms with van der Waals surface area (Å²) in [5.74, 6) is 0.843. The van der Waals surface area contributed by atoms with Crippen molar-refractivity contribution in [2.45, 2.75) is 31.9 Å². The molecule has 1 aliphatic carbocycles. The number of likely N-dealkylation sites (N-methyl/N-ethyl adjacent to an activating group) is 2. The van der Waals surface area contributed by atoms with E-state index in [2.05, 4.69) is 23.8 Å². The van der Waals surface area contributed by atoms with E-state index in [9.17, 15) is 0 Å². The van der Waals surface area contributed by atoms with E-state index in [-0.39, 0.29) is 0 Å². The number of rotatable bonds is 6. The molecule has 4 nitrogen and oxygen atoms in total. The summed E-state index contributed by atoms with van der Waals surface area (Å²) in [5.41, 5.74) is 5.88. The highest BCUT2D eigenvalue weighted by molar-refractivity contribution is 4.89. The van der Waals surface area contributed by atoms with Gasteiger partial charge in [-0.3, -0.25) is 9.80 Å². The third-order valence-corrected chi connectivity index (χ3v) is 4.14. The van der Waals surface area contributed by atoms with Crippen molar-refractivity contribution in [3.63, 3.8) is 0 Å². The summed E-state index contributed by atoms with van der Waals surface area (Å²) in [5, 5.41) is 0. The molecule has 0 aromatic rings. The first-order valence-corrected chi connectivity index (χ1v) is 6.98. The molecule has 2 atom stereocenters. The van der Waals surface area contributed by atoms with Gasteiger partial charge in [-0.05, 0) is 32.4 Å².